The zero-order valence-corrected chi connectivity index (χ0v) is 12.9. The molecule has 2 atom stereocenters. The lowest BCUT2D eigenvalue weighted by atomic mass is 9.99. The summed E-state index contributed by atoms with van der Waals surface area (Å²) < 4.78 is 13.6. The average Bonchev–Trinajstić information content (AvgIpc) is 2.94. The molecule has 1 aromatic carbocycles. The first-order chi connectivity index (χ1) is 10.1. The van der Waals surface area contributed by atoms with E-state index in [-0.39, 0.29) is 17.6 Å². The van der Waals surface area contributed by atoms with Crippen molar-refractivity contribution in [2.75, 3.05) is 20.1 Å². The van der Waals surface area contributed by atoms with E-state index in [4.69, 9.17) is 0 Å². The van der Waals surface area contributed by atoms with Crippen molar-refractivity contribution in [2.24, 2.45) is 5.92 Å². The van der Waals surface area contributed by atoms with Gasteiger partial charge < -0.3 is 10.2 Å². The van der Waals surface area contributed by atoms with E-state index in [1.165, 1.54) is 6.07 Å². The van der Waals surface area contributed by atoms with E-state index in [1.54, 1.807) is 12.1 Å². The Hall–Kier alpha value is -1.42. The standard InChI is InChI=1S/C17H25FN2O/c1-13(9-10-14-6-3-4-8-16(14)18)17(21)20-11-5-7-15(20)12-19-2/h3-4,6,8,13,15,19H,5,7,9-12H2,1-2H3. The van der Waals surface area contributed by atoms with Gasteiger partial charge in [0.05, 0.1) is 0 Å². The quantitative estimate of drug-likeness (QED) is 0.874. The molecule has 4 heteroatoms. The molecule has 1 amide bonds. The van der Waals surface area contributed by atoms with Gasteiger partial charge in [-0.25, -0.2) is 4.39 Å². The lowest BCUT2D eigenvalue weighted by Gasteiger charge is -2.27. The fraction of sp³-hybridized carbons (Fsp3) is 0.588. The molecule has 1 saturated heterocycles. The van der Waals surface area contributed by atoms with Crippen molar-refractivity contribution in [2.45, 2.75) is 38.6 Å². The second kappa shape index (κ2) is 7.55. The van der Waals surface area contributed by atoms with Gasteiger partial charge in [0.2, 0.25) is 5.91 Å². The van der Waals surface area contributed by atoms with Crippen molar-refractivity contribution >= 4 is 5.91 Å². The number of halogens is 1. The summed E-state index contributed by atoms with van der Waals surface area (Å²) in [7, 11) is 1.92. The molecule has 3 nitrogen and oxygen atoms in total. The summed E-state index contributed by atoms with van der Waals surface area (Å²) in [4.78, 5) is 14.5. The highest BCUT2D eigenvalue weighted by atomic mass is 19.1. The van der Waals surface area contributed by atoms with Crippen LogP contribution in [0.4, 0.5) is 4.39 Å². The van der Waals surface area contributed by atoms with Crippen molar-refractivity contribution in [3.05, 3.63) is 35.6 Å². The summed E-state index contributed by atoms with van der Waals surface area (Å²) in [6.07, 6.45) is 3.47. The third kappa shape index (κ3) is 4.03. The van der Waals surface area contributed by atoms with Gasteiger partial charge in [0.1, 0.15) is 5.82 Å². The molecule has 0 aromatic heterocycles. The summed E-state index contributed by atoms with van der Waals surface area (Å²) in [5, 5.41) is 3.16. The lowest BCUT2D eigenvalue weighted by molar-refractivity contribution is -0.135. The molecule has 1 N–H and O–H groups in total. The first-order valence-electron chi connectivity index (χ1n) is 7.82. The van der Waals surface area contributed by atoms with E-state index in [9.17, 15) is 9.18 Å². The number of carbonyl (C=O) groups excluding carboxylic acids is 1. The van der Waals surface area contributed by atoms with Gasteiger partial charge in [-0.3, -0.25) is 4.79 Å². The molecule has 1 aliphatic heterocycles. The van der Waals surface area contributed by atoms with Gasteiger partial charge >= 0.3 is 0 Å². The van der Waals surface area contributed by atoms with Crippen molar-refractivity contribution in [3.63, 3.8) is 0 Å². The van der Waals surface area contributed by atoms with Crippen LogP contribution in [-0.2, 0) is 11.2 Å². The van der Waals surface area contributed by atoms with Gasteiger partial charge in [-0.2, -0.15) is 0 Å². The zero-order valence-electron chi connectivity index (χ0n) is 12.9. The number of amides is 1. The molecule has 0 spiro atoms. The Morgan fingerprint density at radius 3 is 2.95 bits per heavy atom. The van der Waals surface area contributed by atoms with Crippen LogP contribution < -0.4 is 5.32 Å². The number of likely N-dealkylation sites (tertiary alicyclic amines) is 1. The number of rotatable bonds is 6. The third-order valence-corrected chi connectivity index (χ3v) is 4.33. The molecule has 1 aliphatic rings. The Balaban J connectivity index is 1.89. The van der Waals surface area contributed by atoms with E-state index in [0.29, 0.717) is 24.4 Å². The fourth-order valence-electron chi connectivity index (χ4n) is 3.05. The summed E-state index contributed by atoms with van der Waals surface area (Å²) in [5.74, 6) is -0.0162. The average molecular weight is 292 g/mol. The summed E-state index contributed by atoms with van der Waals surface area (Å²) in [5.41, 5.74) is 0.699. The van der Waals surface area contributed by atoms with Crippen LogP contribution in [0.2, 0.25) is 0 Å². The molecular weight excluding hydrogens is 267 g/mol. The van der Waals surface area contributed by atoms with Gasteiger partial charge in [0, 0.05) is 25.0 Å². The van der Waals surface area contributed by atoms with Crippen molar-refractivity contribution < 1.29 is 9.18 Å². The number of hydrogen-bond acceptors (Lipinski definition) is 2. The van der Waals surface area contributed by atoms with E-state index in [0.717, 1.165) is 25.9 Å². The predicted molar refractivity (Wildman–Crippen MR) is 82.5 cm³/mol. The highest BCUT2D eigenvalue weighted by Crippen LogP contribution is 2.21. The van der Waals surface area contributed by atoms with Crippen LogP contribution in [0.15, 0.2) is 24.3 Å². The molecular formula is C17H25FN2O. The third-order valence-electron chi connectivity index (χ3n) is 4.33. The van der Waals surface area contributed by atoms with Crippen LogP contribution in [-0.4, -0.2) is 37.0 Å². The van der Waals surface area contributed by atoms with E-state index in [2.05, 4.69) is 5.32 Å². The largest absolute Gasteiger partial charge is 0.338 e. The maximum atomic E-state index is 13.6. The molecule has 0 aliphatic carbocycles. The molecule has 21 heavy (non-hydrogen) atoms. The predicted octanol–water partition coefficient (Wildman–Crippen LogP) is 2.60. The van der Waals surface area contributed by atoms with E-state index < -0.39 is 0 Å². The molecule has 116 valence electrons. The Kier molecular flexibility index (Phi) is 5.74. The number of carbonyl (C=O) groups is 1. The second-order valence-corrected chi connectivity index (χ2v) is 5.92. The minimum absolute atomic E-state index is 0.0536. The summed E-state index contributed by atoms with van der Waals surface area (Å²) >= 11 is 0. The second-order valence-electron chi connectivity index (χ2n) is 5.92. The first-order valence-corrected chi connectivity index (χ1v) is 7.82. The molecule has 1 fully saturated rings. The number of nitrogens with zero attached hydrogens (tertiary/aromatic N) is 1. The lowest BCUT2D eigenvalue weighted by Crippen LogP contribution is -2.43. The van der Waals surface area contributed by atoms with Crippen LogP contribution in [0.3, 0.4) is 0 Å². The highest BCUT2D eigenvalue weighted by molar-refractivity contribution is 5.79. The van der Waals surface area contributed by atoms with Crippen LogP contribution in [0, 0.1) is 11.7 Å². The zero-order chi connectivity index (χ0) is 15.2. The molecule has 0 saturated carbocycles. The normalized spacial score (nSPS) is 19.8. The first kappa shape index (κ1) is 16.0. The monoisotopic (exact) mass is 292 g/mol. The molecule has 1 heterocycles. The summed E-state index contributed by atoms with van der Waals surface area (Å²) in [6, 6.07) is 7.13. The van der Waals surface area contributed by atoms with Crippen LogP contribution in [0.5, 0.6) is 0 Å². The van der Waals surface area contributed by atoms with Crippen LogP contribution in [0.1, 0.15) is 31.7 Å². The maximum Gasteiger partial charge on any atom is 0.225 e. The summed E-state index contributed by atoms with van der Waals surface area (Å²) in [6.45, 7) is 3.67. The van der Waals surface area contributed by atoms with Gasteiger partial charge in [-0.15, -0.1) is 0 Å². The molecule has 1 aromatic rings. The smallest absolute Gasteiger partial charge is 0.225 e. The van der Waals surface area contributed by atoms with Gasteiger partial charge in [-0.05, 0) is 44.4 Å². The number of hydrogen-bond donors (Lipinski definition) is 1. The maximum absolute atomic E-state index is 13.6. The van der Waals surface area contributed by atoms with E-state index >= 15 is 0 Å². The van der Waals surface area contributed by atoms with Crippen molar-refractivity contribution in [1.82, 2.24) is 10.2 Å². The fourth-order valence-corrected chi connectivity index (χ4v) is 3.05. The van der Waals surface area contributed by atoms with Gasteiger partial charge in [-0.1, -0.05) is 25.1 Å². The van der Waals surface area contributed by atoms with Gasteiger partial charge in [0.25, 0.3) is 0 Å². The topological polar surface area (TPSA) is 32.3 Å². The molecule has 0 bridgehead atoms. The minimum atomic E-state index is -0.175. The minimum Gasteiger partial charge on any atom is -0.338 e. The Morgan fingerprint density at radius 2 is 2.24 bits per heavy atom. The Labute approximate surface area is 126 Å². The van der Waals surface area contributed by atoms with Crippen molar-refractivity contribution in [3.8, 4) is 0 Å². The van der Waals surface area contributed by atoms with Crippen LogP contribution in [0.25, 0.3) is 0 Å². The Morgan fingerprint density at radius 1 is 1.48 bits per heavy atom. The molecule has 2 unspecified atom stereocenters. The Bertz CT molecular complexity index is 478. The van der Waals surface area contributed by atoms with E-state index in [1.807, 2.05) is 24.9 Å². The molecule has 0 radical (unpaired) electrons. The number of benzene rings is 1. The SMILES string of the molecule is CNCC1CCCN1C(=O)C(C)CCc1ccccc1F. The molecule has 2 rings (SSSR count). The van der Waals surface area contributed by atoms with Gasteiger partial charge in [0.15, 0.2) is 0 Å². The number of likely N-dealkylation sites (N-methyl/N-ethyl adjacent to an activating group) is 1. The number of aryl methyl sites for hydroxylation is 1. The highest BCUT2D eigenvalue weighted by Gasteiger charge is 2.30. The number of nitrogens with one attached hydrogen (secondary N) is 1. The van der Waals surface area contributed by atoms with Crippen LogP contribution >= 0.6 is 0 Å². The van der Waals surface area contributed by atoms with Crippen molar-refractivity contribution in [1.29, 1.82) is 0 Å².